The number of ether oxygens (including phenoxy) is 1. The Balaban J connectivity index is 2.31. The first-order valence-electron chi connectivity index (χ1n) is 6.24. The van der Waals surface area contributed by atoms with Crippen molar-refractivity contribution < 1.29 is 4.74 Å². The lowest BCUT2D eigenvalue weighted by Gasteiger charge is -2.29. The molecule has 0 radical (unpaired) electrons. The van der Waals surface area contributed by atoms with Crippen molar-refractivity contribution in [3.63, 3.8) is 0 Å². The number of nitrogens with zero attached hydrogens (tertiary/aromatic N) is 2. The summed E-state index contributed by atoms with van der Waals surface area (Å²) in [6.07, 6.45) is 8.72. The highest BCUT2D eigenvalue weighted by Crippen LogP contribution is 2.37. The molecule has 1 aromatic heterocycles. The Morgan fingerprint density at radius 3 is 2.59 bits per heavy atom. The zero-order valence-corrected chi connectivity index (χ0v) is 11.0. The zero-order chi connectivity index (χ0) is 12.1. The molecular weight excluding hydrogens is 236 g/mol. The summed E-state index contributed by atoms with van der Waals surface area (Å²) >= 11 is 5.83. The van der Waals surface area contributed by atoms with Crippen LogP contribution >= 0.6 is 11.6 Å². The molecule has 1 aromatic rings. The predicted molar refractivity (Wildman–Crippen MR) is 68.0 cm³/mol. The molecule has 1 saturated carbocycles. The summed E-state index contributed by atoms with van der Waals surface area (Å²) in [5, 5.41) is 0. The molecule has 94 valence electrons. The van der Waals surface area contributed by atoms with Gasteiger partial charge in [0.2, 0.25) is 0 Å². The molecule has 1 aliphatic carbocycles. The number of hydrogen-bond acceptors (Lipinski definition) is 3. The summed E-state index contributed by atoms with van der Waals surface area (Å²) in [6.45, 7) is 0. The Hall–Kier alpha value is -0.670. The Bertz CT molecular complexity index is 362. The highest BCUT2D eigenvalue weighted by molar-refractivity contribution is 6.16. The van der Waals surface area contributed by atoms with Crippen molar-refractivity contribution in [3.05, 3.63) is 23.8 Å². The minimum Gasteiger partial charge on any atom is -0.370 e. The second-order valence-corrected chi connectivity index (χ2v) is 4.89. The van der Waals surface area contributed by atoms with Gasteiger partial charge in [-0.3, -0.25) is 0 Å². The fourth-order valence-corrected chi connectivity index (χ4v) is 2.66. The number of hydrogen-bond donors (Lipinski definition) is 0. The summed E-state index contributed by atoms with van der Waals surface area (Å²) in [4.78, 5) is 8.93. The number of alkyl halides is 1. The first kappa shape index (κ1) is 12.8. The van der Waals surface area contributed by atoms with Gasteiger partial charge in [0.05, 0.1) is 11.6 Å². The van der Waals surface area contributed by atoms with Gasteiger partial charge in [-0.15, -0.1) is 11.6 Å². The van der Waals surface area contributed by atoms with E-state index in [4.69, 9.17) is 16.3 Å². The van der Waals surface area contributed by atoms with Gasteiger partial charge in [-0.1, -0.05) is 25.7 Å². The van der Waals surface area contributed by atoms with Crippen LogP contribution in [0.5, 0.6) is 0 Å². The van der Waals surface area contributed by atoms with Crippen molar-refractivity contribution in [2.45, 2.75) is 50.0 Å². The van der Waals surface area contributed by atoms with E-state index in [-0.39, 0.29) is 5.60 Å². The molecule has 0 N–H and O–H groups in total. The highest BCUT2D eigenvalue weighted by Gasteiger charge is 2.35. The number of halogens is 1. The van der Waals surface area contributed by atoms with E-state index in [0.29, 0.717) is 5.88 Å². The van der Waals surface area contributed by atoms with Crippen LogP contribution in [-0.2, 0) is 16.2 Å². The number of aromatic nitrogens is 2. The van der Waals surface area contributed by atoms with Gasteiger partial charge >= 0.3 is 0 Å². The summed E-state index contributed by atoms with van der Waals surface area (Å²) in [5.41, 5.74) is 0.579. The number of methoxy groups -OCH3 is 1. The second-order valence-electron chi connectivity index (χ2n) is 4.62. The third kappa shape index (κ3) is 2.78. The molecule has 0 bridgehead atoms. The smallest absolute Gasteiger partial charge is 0.160 e. The zero-order valence-electron chi connectivity index (χ0n) is 10.3. The van der Waals surface area contributed by atoms with Crippen LogP contribution in [0.3, 0.4) is 0 Å². The molecule has 0 amide bonds. The van der Waals surface area contributed by atoms with Crippen molar-refractivity contribution in [1.29, 1.82) is 0 Å². The predicted octanol–water partition coefficient (Wildman–Crippen LogP) is 3.41. The lowest BCUT2D eigenvalue weighted by Crippen LogP contribution is -2.30. The van der Waals surface area contributed by atoms with Crippen LogP contribution in [0.4, 0.5) is 0 Å². The fourth-order valence-electron chi connectivity index (χ4n) is 2.51. The van der Waals surface area contributed by atoms with Crippen LogP contribution in [0.25, 0.3) is 0 Å². The molecule has 0 unspecified atom stereocenters. The summed E-state index contributed by atoms with van der Waals surface area (Å²) in [7, 11) is 1.77. The maximum Gasteiger partial charge on any atom is 0.160 e. The maximum atomic E-state index is 5.83. The van der Waals surface area contributed by atoms with Crippen molar-refractivity contribution in [2.75, 3.05) is 7.11 Å². The van der Waals surface area contributed by atoms with Crippen LogP contribution in [0.15, 0.2) is 12.3 Å². The second kappa shape index (κ2) is 5.78. The Morgan fingerprint density at radius 2 is 2.00 bits per heavy atom. The van der Waals surface area contributed by atoms with Crippen molar-refractivity contribution >= 4 is 11.6 Å². The normalized spacial score (nSPS) is 19.9. The standard InChI is InChI=1S/C13H19ClN2O/c1-17-13(7-4-2-3-5-8-13)12-15-9-6-11(10-14)16-12/h6,9H,2-5,7-8,10H2,1H3. The summed E-state index contributed by atoms with van der Waals surface area (Å²) < 4.78 is 5.78. The molecule has 3 nitrogen and oxygen atoms in total. The van der Waals surface area contributed by atoms with E-state index in [9.17, 15) is 0 Å². The average Bonchev–Trinajstić information content (AvgIpc) is 2.65. The summed E-state index contributed by atoms with van der Waals surface area (Å²) in [5.74, 6) is 1.23. The largest absolute Gasteiger partial charge is 0.370 e. The quantitative estimate of drug-likeness (QED) is 0.613. The minimum atomic E-state index is -0.293. The molecule has 0 atom stereocenters. The van der Waals surface area contributed by atoms with Crippen molar-refractivity contribution in [1.82, 2.24) is 9.97 Å². The van der Waals surface area contributed by atoms with Crippen LogP contribution in [-0.4, -0.2) is 17.1 Å². The van der Waals surface area contributed by atoms with Crippen molar-refractivity contribution in [3.8, 4) is 0 Å². The topological polar surface area (TPSA) is 35.0 Å². The van der Waals surface area contributed by atoms with Crippen LogP contribution in [0.2, 0.25) is 0 Å². The van der Waals surface area contributed by atoms with E-state index >= 15 is 0 Å². The highest BCUT2D eigenvalue weighted by atomic mass is 35.5. The van der Waals surface area contributed by atoms with E-state index in [0.717, 1.165) is 24.4 Å². The van der Waals surface area contributed by atoms with Gasteiger partial charge < -0.3 is 4.74 Å². The van der Waals surface area contributed by atoms with E-state index < -0.39 is 0 Å². The Morgan fingerprint density at radius 1 is 1.29 bits per heavy atom. The molecule has 1 fully saturated rings. The Labute approximate surface area is 108 Å². The summed E-state index contributed by atoms with van der Waals surface area (Å²) in [6, 6.07) is 1.86. The van der Waals surface area contributed by atoms with Crippen LogP contribution in [0.1, 0.15) is 50.0 Å². The third-order valence-corrected chi connectivity index (χ3v) is 3.83. The molecule has 0 saturated heterocycles. The molecule has 17 heavy (non-hydrogen) atoms. The average molecular weight is 255 g/mol. The van der Waals surface area contributed by atoms with Gasteiger partial charge in [0.1, 0.15) is 5.60 Å². The van der Waals surface area contributed by atoms with Gasteiger partial charge in [-0.05, 0) is 18.9 Å². The first-order chi connectivity index (χ1) is 8.30. The van der Waals surface area contributed by atoms with E-state index in [1.807, 2.05) is 6.07 Å². The van der Waals surface area contributed by atoms with E-state index in [2.05, 4.69) is 9.97 Å². The monoisotopic (exact) mass is 254 g/mol. The van der Waals surface area contributed by atoms with Gasteiger partial charge in [0.15, 0.2) is 5.82 Å². The molecule has 0 aromatic carbocycles. The lowest BCUT2D eigenvalue weighted by atomic mass is 9.93. The van der Waals surface area contributed by atoms with Crippen LogP contribution < -0.4 is 0 Å². The van der Waals surface area contributed by atoms with Gasteiger partial charge in [-0.25, -0.2) is 9.97 Å². The molecule has 0 spiro atoms. The third-order valence-electron chi connectivity index (χ3n) is 3.56. The number of rotatable bonds is 3. The SMILES string of the molecule is COC1(c2nccc(CCl)n2)CCCCCC1. The van der Waals surface area contributed by atoms with Crippen LogP contribution in [0, 0.1) is 0 Å². The molecule has 1 heterocycles. The molecular formula is C13H19ClN2O. The van der Waals surface area contributed by atoms with E-state index in [1.54, 1.807) is 13.3 Å². The molecule has 4 heteroatoms. The fraction of sp³-hybridized carbons (Fsp3) is 0.692. The Kier molecular flexibility index (Phi) is 4.35. The molecule has 1 aliphatic rings. The minimum absolute atomic E-state index is 0.293. The van der Waals surface area contributed by atoms with Gasteiger partial charge in [0, 0.05) is 13.3 Å². The lowest BCUT2D eigenvalue weighted by molar-refractivity contribution is -0.0353. The first-order valence-corrected chi connectivity index (χ1v) is 6.78. The molecule has 2 rings (SSSR count). The van der Waals surface area contributed by atoms with Gasteiger partial charge in [-0.2, -0.15) is 0 Å². The van der Waals surface area contributed by atoms with E-state index in [1.165, 1.54) is 25.7 Å². The van der Waals surface area contributed by atoms with Crippen molar-refractivity contribution in [2.24, 2.45) is 0 Å². The molecule has 0 aliphatic heterocycles. The van der Waals surface area contributed by atoms with Gasteiger partial charge in [0.25, 0.3) is 0 Å². The maximum absolute atomic E-state index is 5.83.